The first-order valence-electron chi connectivity index (χ1n) is 6.52. The zero-order valence-electron chi connectivity index (χ0n) is 11.8. The van der Waals surface area contributed by atoms with Crippen molar-refractivity contribution < 1.29 is 13.5 Å². The van der Waals surface area contributed by atoms with E-state index in [1.165, 1.54) is 25.3 Å². The van der Waals surface area contributed by atoms with Crippen LogP contribution in [0.5, 0.6) is 5.75 Å². The molecule has 2 rings (SSSR count). The molecule has 0 spiro atoms. The Hall–Kier alpha value is -1.65. The smallest absolute Gasteiger partial charge is 0.129 e. The van der Waals surface area contributed by atoms with E-state index in [0.717, 1.165) is 0 Å². The van der Waals surface area contributed by atoms with E-state index in [2.05, 4.69) is 5.32 Å². The van der Waals surface area contributed by atoms with E-state index in [9.17, 15) is 8.78 Å². The molecule has 1 unspecified atom stereocenters. The molecular weight excluding hydrogens is 296 g/mol. The summed E-state index contributed by atoms with van der Waals surface area (Å²) in [5.41, 5.74) is 1.06. The van der Waals surface area contributed by atoms with Gasteiger partial charge in [-0.3, -0.25) is 0 Å². The van der Waals surface area contributed by atoms with Crippen LogP contribution in [-0.4, -0.2) is 7.11 Å². The summed E-state index contributed by atoms with van der Waals surface area (Å²) in [6.07, 6.45) is 0. The number of hydrogen-bond acceptors (Lipinski definition) is 2. The van der Waals surface area contributed by atoms with E-state index < -0.39 is 0 Å². The van der Waals surface area contributed by atoms with Gasteiger partial charge in [0, 0.05) is 28.7 Å². The summed E-state index contributed by atoms with van der Waals surface area (Å²) in [5.74, 6) is -0.132. The fraction of sp³-hybridized carbons (Fsp3) is 0.250. The van der Waals surface area contributed by atoms with Crippen molar-refractivity contribution in [1.82, 2.24) is 5.32 Å². The van der Waals surface area contributed by atoms with Crippen LogP contribution in [0.2, 0.25) is 5.02 Å². The van der Waals surface area contributed by atoms with Crippen LogP contribution in [-0.2, 0) is 6.54 Å². The summed E-state index contributed by atoms with van der Waals surface area (Å²) in [5, 5.41) is 3.49. The van der Waals surface area contributed by atoms with Crippen LogP contribution in [0.15, 0.2) is 36.4 Å². The number of rotatable bonds is 5. The van der Waals surface area contributed by atoms with E-state index in [1.54, 1.807) is 18.2 Å². The highest BCUT2D eigenvalue weighted by Crippen LogP contribution is 2.27. The maximum atomic E-state index is 13.7. The summed E-state index contributed by atoms with van der Waals surface area (Å²) in [6, 6.07) is 8.64. The van der Waals surface area contributed by atoms with Crippen molar-refractivity contribution in [3.05, 3.63) is 64.2 Å². The number of methoxy groups -OCH3 is 1. The molecule has 0 aliphatic heterocycles. The first-order valence-corrected chi connectivity index (χ1v) is 6.90. The number of benzene rings is 2. The van der Waals surface area contributed by atoms with Crippen molar-refractivity contribution in [2.75, 3.05) is 7.11 Å². The highest BCUT2D eigenvalue weighted by Gasteiger charge is 2.14. The minimum atomic E-state index is -0.367. The van der Waals surface area contributed by atoms with E-state index >= 15 is 0 Å². The van der Waals surface area contributed by atoms with E-state index in [1.807, 2.05) is 6.92 Å². The predicted octanol–water partition coefficient (Wildman–Crippen LogP) is 4.48. The third-order valence-corrected chi connectivity index (χ3v) is 3.66. The van der Waals surface area contributed by atoms with Crippen LogP contribution >= 0.6 is 11.6 Å². The van der Waals surface area contributed by atoms with Crippen molar-refractivity contribution in [2.45, 2.75) is 19.5 Å². The lowest BCUT2D eigenvalue weighted by molar-refractivity contribution is 0.399. The molecule has 0 amide bonds. The molecule has 0 radical (unpaired) electrons. The minimum Gasteiger partial charge on any atom is -0.496 e. The van der Waals surface area contributed by atoms with Gasteiger partial charge in [-0.1, -0.05) is 17.7 Å². The number of hydrogen-bond donors (Lipinski definition) is 1. The second kappa shape index (κ2) is 6.87. The molecule has 2 nitrogen and oxygen atoms in total. The van der Waals surface area contributed by atoms with Gasteiger partial charge in [0.2, 0.25) is 0 Å². The first kappa shape index (κ1) is 15.7. The van der Waals surface area contributed by atoms with Crippen LogP contribution in [0.1, 0.15) is 24.1 Å². The fourth-order valence-corrected chi connectivity index (χ4v) is 2.34. The van der Waals surface area contributed by atoms with Gasteiger partial charge in [0.05, 0.1) is 7.11 Å². The van der Waals surface area contributed by atoms with Gasteiger partial charge in [-0.25, -0.2) is 8.78 Å². The second-order valence-electron chi connectivity index (χ2n) is 4.69. The SMILES string of the molecule is COc1ccc(F)cc1C(C)NCc1c(F)cccc1Cl. The van der Waals surface area contributed by atoms with Gasteiger partial charge in [0.15, 0.2) is 0 Å². The van der Waals surface area contributed by atoms with Crippen molar-refractivity contribution >= 4 is 11.6 Å². The lowest BCUT2D eigenvalue weighted by Crippen LogP contribution is -2.19. The molecule has 0 saturated heterocycles. The Labute approximate surface area is 127 Å². The fourth-order valence-electron chi connectivity index (χ4n) is 2.11. The zero-order valence-corrected chi connectivity index (χ0v) is 12.5. The minimum absolute atomic E-state index is 0.216. The van der Waals surface area contributed by atoms with Crippen LogP contribution in [0, 0.1) is 11.6 Å². The van der Waals surface area contributed by atoms with Gasteiger partial charge in [0.1, 0.15) is 17.4 Å². The van der Waals surface area contributed by atoms with Gasteiger partial charge < -0.3 is 10.1 Å². The third-order valence-electron chi connectivity index (χ3n) is 3.30. The Morgan fingerprint density at radius 3 is 2.67 bits per heavy atom. The molecule has 0 aliphatic carbocycles. The normalized spacial score (nSPS) is 12.2. The monoisotopic (exact) mass is 311 g/mol. The molecule has 5 heteroatoms. The molecule has 0 heterocycles. The Balaban J connectivity index is 2.15. The average Bonchev–Trinajstić information content (AvgIpc) is 2.46. The van der Waals surface area contributed by atoms with E-state index in [0.29, 0.717) is 21.9 Å². The summed E-state index contributed by atoms with van der Waals surface area (Å²) in [4.78, 5) is 0. The topological polar surface area (TPSA) is 21.3 Å². The van der Waals surface area contributed by atoms with E-state index in [4.69, 9.17) is 16.3 Å². The second-order valence-corrected chi connectivity index (χ2v) is 5.10. The predicted molar refractivity (Wildman–Crippen MR) is 79.6 cm³/mol. The summed E-state index contributed by atoms with van der Waals surface area (Å²) in [6.45, 7) is 2.10. The Kier molecular flexibility index (Phi) is 5.15. The maximum absolute atomic E-state index is 13.7. The lowest BCUT2D eigenvalue weighted by atomic mass is 10.1. The molecule has 112 valence electrons. The van der Waals surface area contributed by atoms with Gasteiger partial charge >= 0.3 is 0 Å². The molecule has 0 aliphatic rings. The summed E-state index contributed by atoms with van der Waals surface area (Å²) >= 11 is 5.98. The van der Waals surface area contributed by atoms with Crippen LogP contribution in [0.25, 0.3) is 0 Å². The Morgan fingerprint density at radius 1 is 1.24 bits per heavy atom. The highest BCUT2D eigenvalue weighted by atomic mass is 35.5. The number of nitrogens with one attached hydrogen (secondary N) is 1. The number of ether oxygens (including phenoxy) is 1. The summed E-state index contributed by atoms with van der Waals surface area (Å²) in [7, 11) is 1.52. The zero-order chi connectivity index (χ0) is 15.4. The molecule has 0 bridgehead atoms. The first-order chi connectivity index (χ1) is 10.0. The van der Waals surface area contributed by atoms with Gasteiger partial charge in [0.25, 0.3) is 0 Å². The Bertz CT molecular complexity index is 613. The average molecular weight is 312 g/mol. The third kappa shape index (κ3) is 3.71. The molecule has 2 aromatic rings. The van der Waals surface area contributed by atoms with Crippen LogP contribution < -0.4 is 10.1 Å². The largest absolute Gasteiger partial charge is 0.496 e. The molecule has 0 aromatic heterocycles. The Morgan fingerprint density at radius 2 is 2.00 bits per heavy atom. The quantitative estimate of drug-likeness (QED) is 0.879. The summed E-state index contributed by atoms with van der Waals surface area (Å²) < 4.78 is 32.3. The standard InChI is InChI=1S/C16H16ClF2NO/c1-10(12-8-11(18)6-7-16(12)21-2)20-9-13-14(17)4-3-5-15(13)19/h3-8,10,20H,9H2,1-2H3. The molecule has 1 atom stereocenters. The van der Waals surface area contributed by atoms with Crippen LogP contribution in [0.3, 0.4) is 0 Å². The van der Waals surface area contributed by atoms with Crippen molar-refractivity contribution in [1.29, 1.82) is 0 Å². The van der Waals surface area contributed by atoms with Gasteiger partial charge in [-0.2, -0.15) is 0 Å². The van der Waals surface area contributed by atoms with Gasteiger partial charge in [-0.15, -0.1) is 0 Å². The van der Waals surface area contributed by atoms with E-state index in [-0.39, 0.29) is 24.2 Å². The number of halogens is 3. The molecule has 0 fully saturated rings. The van der Waals surface area contributed by atoms with Gasteiger partial charge in [-0.05, 0) is 37.3 Å². The molecular formula is C16H16ClF2NO. The van der Waals surface area contributed by atoms with Crippen molar-refractivity contribution in [3.63, 3.8) is 0 Å². The molecule has 0 saturated carbocycles. The molecule has 21 heavy (non-hydrogen) atoms. The molecule has 1 N–H and O–H groups in total. The van der Waals surface area contributed by atoms with Crippen molar-refractivity contribution in [2.24, 2.45) is 0 Å². The molecule has 2 aromatic carbocycles. The van der Waals surface area contributed by atoms with Crippen LogP contribution in [0.4, 0.5) is 8.78 Å². The maximum Gasteiger partial charge on any atom is 0.129 e. The van der Waals surface area contributed by atoms with Crippen molar-refractivity contribution in [3.8, 4) is 5.75 Å². The highest BCUT2D eigenvalue weighted by molar-refractivity contribution is 6.31. The lowest BCUT2D eigenvalue weighted by Gasteiger charge is -2.18.